The molecule has 0 atom stereocenters. The first kappa shape index (κ1) is 27.0. The molecule has 0 saturated carbocycles. The van der Waals surface area contributed by atoms with E-state index in [4.69, 9.17) is 0 Å². The van der Waals surface area contributed by atoms with Gasteiger partial charge in [0.15, 0.2) is 0 Å². The summed E-state index contributed by atoms with van der Waals surface area (Å²) < 4.78 is 0. The maximum atomic E-state index is 2.41. The van der Waals surface area contributed by atoms with Crippen LogP contribution in [-0.4, -0.2) is 0 Å². The molecular weight excluding hydrogens is 544 g/mol. The van der Waals surface area contributed by atoms with E-state index >= 15 is 0 Å². The maximum Gasteiger partial charge on any atom is 0.0540 e. The molecule has 0 spiro atoms. The first-order chi connectivity index (χ1) is 22.1. The van der Waals surface area contributed by atoms with Gasteiger partial charge in [-0.1, -0.05) is 117 Å². The van der Waals surface area contributed by atoms with Gasteiger partial charge in [-0.15, -0.1) is 0 Å². The van der Waals surface area contributed by atoms with E-state index in [9.17, 15) is 0 Å². The van der Waals surface area contributed by atoms with Crippen molar-refractivity contribution < 1.29 is 0 Å². The minimum atomic E-state index is -0.184. The fourth-order valence-electron chi connectivity index (χ4n) is 7.00. The Morgan fingerprint density at radius 2 is 0.822 bits per heavy atom. The van der Waals surface area contributed by atoms with Crippen LogP contribution in [0.2, 0.25) is 0 Å². The molecule has 0 fully saturated rings. The molecule has 0 heterocycles. The van der Waals surface area contributed by atoms with Crippen LogP contribution in [0.25, 0.3) is 21.9 Å². The zero-order chi connectivity index (χ0) is 30.4. The van der Waals surface area contributed by atoms with Crippen LogP contribution in [-0.2, 0) is 5.41 Å². The zero-order valence-corrected chi connectivity index (χ0v) is 25.6. The number of nitrogens with zero attached hydrogens (tertiary/aromatic N) is 2. The van der Waals surface area contributed by atoms with Gasteiger partial charge in [-0.05, 0) is 94.4 Å². The molecule has 0 saturated heterocycles. The predicted octanol–water partition coefficient (Wildman–Crippen LogP) is 12.1. The van der Waals surface area contributed by atoms with Crippen LogP contribution in [0.5, 0.6) is 0 Å². The molecule has 0 unspecified atom stereocenters. The minimum Gasteiger partial charge on any atom is -0.310 e. The van der Waals surface area contributed by atoms with E-state index in [0.717, 1.165) is 28.4 Å². The van der Waals surface area contributed by atoms with E-state index in [2.05, 4.69) is 194 Å². The molecule has 7 aromatic carbocycles. The Hall–Kier alpha value is -5.60. The fourth-order valence-corrected chi connectivity index (χ4v) is 7.00. The van der Waals surface area contributed by atoms with Gasteiger partial charge in [-0.3, -0.25) is 0 Å². The first-order valence-electron chi connectivity index (χ1n) is 15.6. The molecular formula is C43H34N2. The largest absolute Gasteiger partial charge is 0.310 e. The van der Waals surface area contributed by atoms with Crippen molar-refractivity contribution in [1.82, 2.24) is 0 Å². The number of hydrogen-bond donors (Lipinski definition) is 0. The van der Waals surface area contributed by atoms with Crippen molar-refractivity contribution in [2.24, 2.45) is 0 Å². The lowest BCUT2D eigenvalue weighted by Gasteiger charge is -2.29. The lowest BCUT2D eigenvalue weighted by Crippen LogP contribution is -2.17. The van der Waals surface area contributed by atoms with E-state index in [1.165, 1.54) is 38.7 Å². The average molecular weight is 579 g/mol. The summed E-state index contributed by atoms with van der Waals surface area (Å²) in [5, 5.41) is 2.47. The molecule has 45 heavy (non-hydrogen) atoms. The monoisotopic (exact) mass is 578 g/mol. The second-order valence-electron chi connectivity index (χ2n) is 12.3. The quantitative estimate of drug-likeness (QED) is 0.194. The van der Waals surface area contributed by atoms with Crippen molar-refractivity contribution in [1.29, 1.82) is 0 Å². The second kappa shape index (κ2) is 10.8. The highest BCUT2D eigenvalue weighted by Gasteiger charge is 2.37. The molecule has 1 aliphatic rings. The normalized spacial score (nSPS) is 12.8. The zero-order valence-electron chi connectivity index (χ0n) is 25.6. The molecule has 7 aromatic rings. The molecule has 0 radical (unpaired) electrons. The van der Waals surface area contributed by atoms with E-state index in [1.54, 1.807) is 0 Å². The molecule has 0 aromatic heterocycles. The highest BCUT2D eigenvalue weighted by Crippen LogP contribution is 2.52. The van der Waals surface area contributed by atoms with Gasteiger partial charge in [-0.25, -0.2) is 0 Å². The Morgan fingerprint density at radius 3 is 1.38 bits per heavy atom. The van der Waals surface area contributed by atoms with Gasteiger partial charge in [0.05, 0.1) is 5.69 Å². The summed E-state index contributed by atoms with van der Waals surface area (Å²) in [6, 6.07) is 61.2. The Labute approximate surface area is 265 Å². The Bertz CT molecular complexity index is 2090. The summed E-state index contributed by atoms with van der Waals surface area (Å²) in [6.07, 6.45) is 0. The van der Waals surface area contributed by atoms with E-state index in [0.29, 0.717) is 0 Å². The van der Waals surface area contributed by atoms with Gasteiger partial charge in [0.25, 0.3) is 0 Å². The molecule has 8 rings (SSSR count). The number of para-hydroxylation sites is 3. The summed E-state index contributed by atoms with van der Waals surface area (Å²) in [7, 11) is 0. The van der Waals surface area contributed by atoms with Crippen LogP contribution in [0.15, 0.2) is 170 Å². The Morgan fingerprint density at radius 1 is 0.378 bits per heavy atom. The number of hydrogen-bond acceptors (Lipinski definition) is 2. The van der Waals surface area contributed by atoms with E-state index in [1.807, 2.05) is 0 Å². The van der Waals surface area contributed by atoms with Crippen LogP contribution < -0.4 is 9.80 Å². The van der Waals surface area contributed by atoms with Crippen LogP contribution >= 0.6 is 0 Å². The topological polar surface area (TPSA) is 6.48 Å². The van der Waals surface area contributed by atoms with Crippen molar-refractivity contribution in [2.75, 3.05) is 9.80 Å². The van der Waals surface area contributed by atoms with Gasteiger partial charge >= 0.3 is 0 Å². The number of anilines is 6. The molecule has 0 N–H and O–H groups in total. The van der Waals surface area contributed by atoms with Crippen molar-refractivity contribution in [3.63, 3.8) is 0 Å². The van der Waals surface area contributed by atoms with Gasteiger partial charge in [-0.2, -0.15) is 0 Å². The Balaban J connectivity index is 1.26. The van der Waals surface area contributed by atoms with Gasteiger partial charge in [0.1, 0.15) is 0 Å². The van der Waals surface area contributed by atoms with Crippen LogP contribution in [0.4, 0.5) is 34.1 Å². The van der Waals surface area contributed by atoms with Crippen LogP contribution in [0, 0.1) is 0 Å². The number of benzene rings is 7. The minimum absolute atomic E-state index is 0.184. The van der Waals surface area contributed by atoms with Gasteiger partial charge in [0.2, 0.25) is 0 Å². The highest BCUT2D eigenvalue weighted by atomic mass is 15.1. The van der Waals surface area contributed by atoms with Crippen molar-refractivity contribution in [3.8, 4) is 11.1 Å². The van der Waals surface area contributed by atoms with Crippen molar-refractivity contribution >= 4 is 44.9 Å². The predicted molar refractivity (Wildman–Crippen MR) is 191 cm³/mol. The molecule has 1 aliphatic carbocycles. The third kappa shape index (κ3) is 4.58. The molecule has 0 amide bonds. The smallest absolute Gasteiger partial charge is 0.0540 e. The molecule has 216 valence electrons. The number of fused-ring (bicyclic) bond motifs is 4. The molecule has 2 heteroatoms. The average Bonchev–Trinajstić information content (AvgIpc) is 3.32. The maximum absolute atomic E-state index is 2.41. The first-order valence-corrected chi connectivity index (χ1v) is 15.6. The molecule has 2 nitrogen and oxygen atoms in total. The van der Waals surface area contributed by atoms with Gasteiger partial charge in [0, 0.05) is 39.2 Å². The summed E-state index contributed by atoms with van der Waals surface area (Å²) in [5.74, 6) is 0. The van der Waals surface area contributed by atoms with E-state index < -0.39 is 0 Å². The molecule has 0 bridgehead atoms. The summed E-state index contributed by atoms with van der Waals surface area (Å²) in [5.41, 5.74) is 12.1. The molecule has 0 aliphatic heterocycles. The lowest BCUT2D eigenvalue weighted by molar-refractivity contribution is 0.660. The Kier molecular flexibility index (Phi) is 6.50. The summed E-state index contributed by atoms with van der Waals surface area (Å²) in [6.45, 7) is 4.73. The van der Waals surface area contributed by atoms with E-state index in [-0.39, 0.29) is 5.41 Å². The SMILES string of the molecule is CC1(C)c2cc(N(c3ccccc3)c3ccccc3)ccc2-c2ccc(N(c3ccccc3)c3cccc4ccccc34)cc21. The third-order valence-electron chi connectivity index (χ3n) is 9.21. The summed E-state index contributed by atoms with van der Waals surface area (Å²) in [4.78, 5) is 4.75. The van der Waals surface area contributed by atoms with Crippen molar-refractivity contribution in [2.45, 2.75) is 19.3 Å². The lowest BCUT2D eigenvalue weighted by atomic mass is 9.82. The highest BCUT2D eigenvalue weighted by molar-refractivity contribution is 5.99. The standard InChI is InChI=1S/C43H34N2/c1-43(2)40-29-35(44(32-17-6-3-7-18-32)33-19-8-4-9-20-33)25-27-38(40)39-28-26-36(30-41(39)43)45(34-21-10-5-11-22-34)42-24-14-16-31-15-12-13-23-37(31)42/h3-30H,1-2H3. The second-order valence-corrected chi connectivity index (χ2v) is 12.3. The number of rotatable bonds is 6. The van der Waals surface area contributed by atoms with Gasteiger partial charge < -0.3 is 9.80 Å². The third-order valence-corrected chi connectivity index (χ3v) is 9.21. The van der Waals surface area contributed by atoms with Crippen LogP contribution in [0.3, 0.4) is 0 Å². The fraction of sp³-hybridized carbons (Fsp3) is 0.0698. The summed E-state index contributed by atoms with van der Waals surface area (Å²) >= 11 is 0. The van der Waals surface area contributed by atoms with Crippen LogP contribution in [0.1, 0.15) is 25.0 Å². The van der Waals surface area contributed by atoms with Crippen molar-refractivity contribution in [3.05, 3.63) is 181 Å².